The maximum absolute atomic E-state index is 6.13. The molecule has 19 heavy (non-hydrogen) atoms. The van der Waals surface area contributed by atoms with Gasteiger partial charge in [0.05, 0.1) is 19.8 Å². The minimum atomic E-state index is 0.365. The van der Waals surface area contributed by atoms with Crippen molar-refractivity contribution in [2.24, 2.45) is 0 Å². The summed E-state index contributed by atoms with van der Waals surface area (Å²) in [4.78, 5) is 0. The minimum Gasteiger partial charge on any atom is -0.493 e. The molecule has 0 amide bonds. The molecule has 0 bridgehead atoms. The third-order valence-electron chi connectivity index (χ3n) is 4.08. The Kier molecular flexibility index (Phi) is 3.92. The topological polar surface area (TPSA) is 30.5 Å². The van der Waals surface area contributed by atoms with Crippen molar-refractivity contribution in [1.82, 2.24) is 5.32 Å². The van der Waals surface area contributed by atoms with Crippen molar-refractivity contribution < 1.29 is 9.47 Å². The fourth-order valence-electron chi connectivity index (χ4n) is 2.92. The quantitative estimate of drug-likeness (QED) is 0.901. The smallest absolute Gasteiger partial charge is 0.161 e. The van der Waals surface area contributed by atoms with E-state index in [0.717, 1.165) is 24.5 Å². The van der Waals surface area contributed by atoms with E-state index in [4.69, 9.17) is 9.47 Å². The molecule has 1 aliphatic heterocycles. The molecule has 1 saturated carbocycles. The second-order valence-corrected chi connectivity index (χ2v) is 5.39. The molecular formula is C16H21NO2. The first-order valence-corrected chi connectivity index (χ1v) is 7.17. The van der Waals surface area contributed by atoms with Crippen LogP contribution in [-0.4, -0.2) is 19.8 Å². The molecule has 2 aliphatic rings. The number of benzene rings is 1. The Hall–Kier alpha value is -1.22. The Morgan fingerprint density at radius 1 is 1.21 bits per heavy atom. The van der Waals surface area contributed by atoms with Crippen LogP contribution in [0.15, 0.2) is 18.2 Å². The van der Waals surface area contributed by atoms with Gasteiger partial charge in [-0.1, -0.05) is 6.07 Å². The number of ether oxygens (including phenoxy) is 2. The van der Waals surface area contributed by atoms with E-state index in [9.17, 15) is 0 Å². The minimum absolute atomic E-state index is 0.365. The fraction of sp³-hybridized carbons (Fsp3) is 0.562. The van der Waals surface area contributed by atoms with Crippen LogP contribution in [0, 0.1) is 6.54 Å². The first-order chi connectivity index (χ1) is 9.36. The van der Waals surface area contributed by atoms with Crippen molar-refractivity contribution in [3.05, 3.63) is 30.3 Å². The van der Waals surface area contributed by atoms with Gasteiger partial charge in [0.25, 0.3) is 0 Å². The van der Waals surface area contributed by atoms with E-state index < -0.39 is 0 Å². The molecule has 3 heteroatoms. The summed E-state index contributed by atoms with van der Waals surface area (Å²) in [5.41, 5.74) is 1.31. The van der Waals surface area contributed by atoms with E-state index in [1.807, 2.05) is 6.07 Å². The van der Waals surface area contributed by atoms with Crippen LogP contribution in [0.4, 0.5) is 0 Å². The number of hydrogen-bond donors (Lipinski definition) is 1. The molecule has 3 nitrogen and oxygen atoms in total. The van der Waals surface area contributed by atoms with Crippen LogP contribution < -0.4 is 14.8 Å². The second-order valence-electron chi connectivity index (χ2n) is 5.39. The van der Waals surface area contributed by atoms with E-state index in [-0.39, 0.29) is 0 Å². The standard InChI is InChI=1S/C16H21NO2/c1-18-15-7-6-12(13-8-9-17-11-13)10-16(15)19-14-4-2-3-5-14/h6-7,10,13-14,17H,2-5,8,11H2,1H3. The molecule has 1 unspecified atom stereocenters. The van der Waals surface area contributed by atoms with E-state index >= 15 is 0 Å². The number of hydrogen-bond acceptors (Lipinski definition) is 3. The Balaban J connectivity index is 1.79. The first kappa shape index (κ1) is 12.8. The van der Waals surface area contributed by atoms with Crippen LogP contribution in [0.3, 0.4) is 0 Å². The van der Waals surface area contributed by atoms with Gasteiger partial charge in [0.2, 0.25) is 0 Å². The van der Waals surface area contributed by atoms with Crippen molar-refractivity contribution >= 4 is 0 Å². The highest BCUT2D eigenvalue weighted by molar-refractivity contribution is 5.44. The summed E-state index contributed by atoms with van der Waals surface area (Å²) in [5.74, 6) is 2.25. The maximum atomic E-state index is 6.13. The summed E-state index contributed by atoms with van der Waals surface area (Å²) in [6.07, 6.45) is 6.23. The van der Waals surface area contributed by atoms with Crippen LogP contribution in [0.2, 0.25) is 0 Å². The van der Waals surface area contributed by atoms with Gasteiger partial charge in [-0.25, -0.2) is 0 Å². The monoisotopic (exact) mass is 259 g/mol. The van der Waals surface area contributed by atoms with Crippen LogP contribution in [0.25, 0.3) is 0 Å². The molecule has 0 spiro atoms. The van der Waals surface area contributed by atoms with Gasteiger partial charge in [-0.05, 0) is 55.7 Å². The molecule has 1 N–H and O–H groups in total. The predicted octanol–water partition coefficient (Wildman–Crippen LogP) is 3.13. The van der Waals surface area contributed by atoms with Gasteiger partial charge < -0.3 is 14.8 Å². The Labute approximate surface area is 115 Å². The predicted molar refractivity (Wildman–Crippen MR) is 74.5 cm³/mol. The summed E-state index contributed by atoms with van der Waals surface area (Å²) < 4.78 is 11.5. The molecule has 3 rings (SSSR count). The molecule has 1 saturated heterocycles. The Morgan fingerprint density at radius 3 is 2.74 bits per heavy atom. The van der Waals surface area contributed by atoms with Crippen molar-refractivity contribution in [2.45, 2.75) is 44.1 Å². The van der Waals surface area contributed by atoms with Gasteiger partial charge in [0.1, 0.15) is 0 Å². The lowest BCUT2D eigenvalue weighted by molar-refractivity contribution is 0.200. The van der Waals surface area contributed by atoms with Crippen molar-refractivity contribution in [1.29, 1.82) is 0 Å². The van der Waals surface area contributed by atoms with E-state index in [1.165, 1.54) is 31.2 Å². The van der Waals surface area contributed by atoms with Gasteiger partial charge in [-0.15, -0.1) is 0 Å². The Bertz CT molecular complexity index is 421. The lowest BCUT2D eigenvalue weighted by Gasteiger charge is -2.18. The van der Waals surface area contributed by atoms with Crippen LogP contribution in [0.1, 0.15) is 43.6 Å². The van der Waals surface area contributed by atoms with E-state index in [2.05, 4.69) is 24.0 Å². The molecule has 102 valence electrons. The van der Waals surface area contributed by atoms with Gasteiger partial charge >= 0.3 is 0 Å². The number of methoxy groups -OCH3 is 1. The first-order valence-electron chi connectivity index (χ1n) is 7.17. The van der Waals surface area contributed by atoms with Gasteiger partial charge in [-0.2, -0.15) is 0 Å². The molecule has 1 heterocycles. The maximum Gasteiger partial charge on any atom is 0.161 e. The lowest BCUT2D eigenvalue weighted by atomic mass is 9.98. The summed E-state index contributed by atoms with van der Waals surface area (Å²) in [7, 11) is 1.70. The summed E-state index contributed by atoms with van der Waals surface area (Å²) in [5, 5.41) is 3.17. The molecule has 1 aromatic rings. The molecule has 1 aromatic carbocycles. The lowest BCUT2D eigenvalue weighted by Crippen LogP contribution is -2.12. The van der Waals surface area contributed by atoms with E-state index in [1.54, 1.807) is 7.11 Å². The second kappa shape index (κ2) is 5.83. The van der Waals surface area contributed by atoms with Crippen molar-refractivity contribution in [2.75, 3.05) is 13.7 Å². The molecule has 0 aromatic heterocycles. The summed E-state index contributed by atoms with van der Waals surface area (Å²) in [6.45, 7) is 4.14. The Morgan fingerprint density at radius 2 is 2.05 bits per heavy atom. The van der Waals surface area contributed by atoms with Crippen molar-refractivity contribution in [3.8, 4) is 11.5 Å². The average molecular weight is 259 g/mol. The van der Waals surface area contributed by atoms with Crippen LogP contribution in [-0.2, 0) is 0 Å². The van der Waals surface area contributed by atoms with Crippen LogP contribution >= 0.6 is 0 Å². The van der Waals surface area contributed by atoms with Crippen LogP contribution in [0.5, 0.6) is 11.5 Å². The highest BCUT2D eigenvalue weighted by Crippen LogP contribution is 2.35. The SMILES string of the molecule is COc1ccc(C2C[C]NC2)cc1OC1CCCC1. The van der Waals surface area contributed by atoms with E-state index in [0.29, 0.717) is 12.0 Å². The largest absolute Gasteiger partial charge is 0.493 e. The third kappa shape index (κ3) is 2.86. The number of nitrogens with one attached hydrogen (secondary N) is 1. The zero-order valence-electron chi connectivity index (χ0n) is 11.4. The number of rotatable bonds is 4. The fourth-order valence-corrected chi connectivity index (χ4v) is 2.92. The third-order valence-corrected chi connectivity index (χ3v) is 4.08. The zero-order valence-corrected chi connectivity index (χ0v) is 11.4. The highest BCUT2D eigenvalue weighted by atomic mass is 16.5. The highest BCUT2D eigenvalue weighted by Gasteiger charge is 2.21. The zero-order chi connectivity index (χ0) is 13.1. The molecule has 1 atom stereocenters. The summed E-state index contributed by atoms with van der Waals surface area (Å²) in [6, 6.07) is 6.31. The van der Waals surface area contributed by atoms with Gasteiger partial charge in [0.15, 0.2) is 11.5 Å². The van der Waals surface area contributed by atoms with Gasteiger partial charge in [0, 0.05) is 6.54 Å². The summed E-state index contributed by atoms with van der Waals surface area (Å²) >= 11 is 0. The van der Waals surface area contributed by atoms with Crippen molar-refractivity contribution in [3.63, 3.8) is 0 Å². The normalized spacial score (nSPS) is 23.7. The molecule has 2 fully saturated rings. The molecule has 1 aliphatic carbocycles. The van der Waals surface area contributed by atoms with Gasteiger partial charge in [-0.3, -0.25) is 0 Å². The molecular weight excluding hydrogens is 238 g/mol. The average Bonchev–Trinajstić information content (AvgIpc) is 3.11. The molecule has 2 radical (unpaired) electrons.